The summed E-state index contributed by atoms with van der Waals surface area (Å²) in [7, 11) is 0. The van der Waals surface area contributed by atoms with Crippen molar-refractivity contribution in [1.29, 1.82) is 0 Å². The third kappa shape index (κ3) is 2.83. The molecule has 0 saturated heterocycles. The number of benzene rings is 1. The Morgan fingerprint density at radius 2 is 1.69 bits per heavy atom. The minimum atomic E-state index is -0.493. The van der Waals surface area contributed by atoms with E-state index in [2.05, 4.69) is 5.16 Å². The lowest BCUT2D eigenvalue weighted by molar-refractivity contribution is 0.0627. The van der Waals surface area contributed by atoms with Crippen LogP contribution in [0.3, 0.4) is 0 Å². The summed E-state index contributed by atoms with van der Waals surface area (Å²) in [6, 6.07) is 7.42. The van der Waals surface area contributed by atoms with E-state index in [1.54, 1.807) is 6.92 Å². The van der Waals surface area contributed by atoms with Gasteiger partial charge in [-0.25, -0.2) is 0 Å². The highest BCUT2D eigenvalue weighted by atomic mass is 16.4. The maximum Gasteiger partial charge on any atom is 0.0838 e. The summed E-state index contributed by atoms with van der Waals surface area (Å²) < 4.78 is 0. The molecule has 3 nitrogen and oxygen atoms in total. The van der Waals surface area contributed by atoms with Gasteiger partial charge in [0.25, 0.3) is 0 Å². The van der Waals surface area contributed by atoms with Crippen LogP contribution in [0.15, 0.2) is 29.4 Å². The van der Waals surface area contributed by atoms with Crippen molar-refractivity contribution in [3.05, 3.63) is 35.4 Å². The summed E-state index contributed by atoms with van der Waals surface area (Å²) >= 11 is 0. The number of rotatable bonds is 2. The molecule has 0 aliphatic carbocycles. The Morgan fingerprint density at radius 3 is 2.06 bits per heavy atom. The molecular formula is C13H19NO2. The monoisotopic (exact) mass is 221 g/mol. The largest absolute Gasteiger partial charge is 0.411 e. The van der Waals surface area contributed by atoms with Crippen LogP contribution < -0.4 is 0 Å². The molecule has 2 N–H and O–H groups in total. The number of oxime groups is 1. The lowest BCUT2D eigenvalue weighted by Crippen LogP contribution is -2.17. The van der Waals surface area contributed by atoms with Crippen LogP contribution in [0.5, 0.6) is 0 Å². The summed E-state index contributed by atoms with van der Waals surface area (Å²) in [6.07, 6.45) is -0.493. The third-order valence-electron chi connectivity index (χ3n) is 2.61. The molecular weight excluding hydrogens is 202 g/mol. The Labute approximate surface area is 96.4 Å². The van der Waals surface area contributed by atoms with Crippen molar-refractivity contribution >= 4 is 5.71 Å². The molecule has 0 fully saturated rings. The van der Waals surface area contributed by atoms with Crippen molar-refractivity contribution in [2.45, 2.75) is 33.8 Å². The molecule has 16 heavy (non-hydrogen) atoms. The fraction of sp³-hybridized carbons (Fsp3) is 0.462. The summed E-state index contributed by atoms with van der Waals surface area (Å²) in [6.45, 7) is 7.71. The standard InChI is InChI=1S/C13H19NO2/c1-9(14-16)10-5-7-11(8-6-10)12(15)13(2,3)4/h5-8,12,15-16H,1-4H3. The molecule has 0 amide bonds. The highest BCUT2D eigenvalue weighted by Crippen LogP contribution is 2.32. The van der Waals surface area contributed by atoms with Crippen LogP contribution >= 0.6 is 0 Å². The third-order valence-corrected chi connectivity index (χ3v) is 2.61. The van der Waals surface area contributed by atoms with Gasteiger partial charge in [-0.05, 0) is 23.5 Å². The van der Waals surface area contributed by atoms with Crippen LogP contribution in [0.4, 0.5) is 0 Å². The highest BCUT2D eigenvalue weighted by Gasteiger charge is 2.23. The van der Waals surface area contributed by atoms with Gasteiger partial charge < -0.3 is 10.3 Å². The second kappa shape index (κ2) is 4.66. The molecule has 1 unspecified atom stereocenters. The lowest BCUT2D eigenvalue weighted by atomic mass is 9.84. The quantitative estimate of drug-likeness (QED) is 0.458. The van der Waals surface area contributed by atoms with Gasteiger partial charge in [0.1, 0.15) is 0 Å². The van der Waals surface area contributed by atoms with Crippen molar-refractivity contribution in [2.24, 2.45) is 10.6 Å². The second-order valence-corrected chi connectivity index (χ2v) is 5.08. The zero-order chi connectivity index (χ0) is 12.3. The molecule has 1 rings (SSSR count). The summed E-state index contributed by atoms with van der Waals surface area (Å²) in [4.78, 5) is 0. The van der Waals surface area contributed by atoms with E-state index in [-0.39, 0.29) is 5.41 Å². The van der Waals surface area contributed by atoms with Crippen molar-refractivity contribution in [2.75, 3.05) is 0 Å². The van der Waals surface area contributed by atoms with E-state index in [0.717, 1.165) is 11.1 Å². The Balaban J connectivity index is 2.96. The van der Waals surface area contributed by atoms with Crippen LogP contribution in [-0.4, -0.2) is 16.0 Å². The maximum absolute atomic E-state index is 10.1. The van der Waals surface area contributed by atoms with E-state index in [9.17, 15) is 5.11 Å². The van der Waals surface area contributed by atoms with Gasteiger partial charge in [0.2, 0.25) is 0 Å². The SMILES string of the molecule is CC(=NO)c1ccc(C(O)C(C)(C)C)cc1. The first-order valence-electron chi connectivity index (χ1n) is 5.33. The van der Waals surface area contributed by atoms with Gasteiger partial charge in [-0.3, -0.25) is 0 Å². The van der Waals surface area contributed by atoms with E-state index in [4.69, 9.17) is 5.21 Å². The van der Waals surface area contributed by atoms with Gasteiger partial charge in [0, 0.05) is 0 Å². The van der Waals surface area contributed by atoms with Crippen LogP contribution in [0.25, 0.3) is 0 Å². The molecule has 0 aliphatic heterocycles. The topological polar surface area (TPSA) is 52.8 Å². The second-order valence-electron chi connectivity index (χ2n) is 5.08. The van der Waals surface area contributed by atoms with Crippen molar-refractivity contribution < 1.29 is 10.3 Å². The van der Waals surface area contributed by atoms with Gasteiger partial charge in [0.15, 0.2) is 0 Å². The zero-order valence-electron chi connectivity index (χ0n) is 10.2. The van der Waals surface area contributed by atoms with E-state index in [1.807, 2.05) is 45.0 Å². The van der Waals surface area contributed by atoms with Gasteiger partial charge in [-0.1, -0.05) is 50.2 Å². The van der Waals surface area contributed by atoms with Crippen molar-refractivity contribution in [3.63, 3.8) is 0 Å². The number of aliphatic hydroxyl groups excluding tert-OH is 1. The fourth-order valence-corrected chi connectivity index (χ4v) is 1.46. The average Bonchev–Trinajstić information content (AvgIpc) is 2.26. The van der Waals surface area contributed by atoms with Gasteiger partial charge in [0.05, 0.1) is 11.8 Å². The molecule has 0 radical (unpaired) electrons. The Bertz CT molecular complexity index is 374. The minimum absolute atomic E-state index is 0.179. The lowest BCUT2D eigenvalue weighted by Gasteiger charge is -2.26. The molecule has 1 aromatic rings. The average molecular weight is 221 g/mol. The van der Waals surface area contributed by atoms with Crippen LogP contribution in [0, 0.1) is 5.41 Å². The molecule has 1 aromatic carbocycles. The van der Waals surface area contributed by atoms with Crippen LogP contribution in [0.2, 0.25) is 0 Å². The molecule has 0 aliphatic rings. The van der Waals surface area contributed by atoms with Gasteiger partial charge in [-0.15, -0.1) is 0 Å². The van der Waals surface area contributed by atoms with E-state index in [0.29, 0.717) is 5.71 Å². The fourth-order valence-electron chi connectivity index (χ4n) is 1.46. The first kappa shape index (κ1) is 12.7. The predicted octanol–water partition coefficient (Wildman–Crippen LogP) is 2.96. The zero-order valence-corrected chi connectivity index (χ0v) is 10.2. The maximum atomic E-state index is 10.1. The van der Waals surface area contributed by atoms with Crippen molar-refractivity contribution in [1.82, 2.24) is 0 Å². The smallest absolute Gasteiger partial charge is 0.0838 e. The number of aliphatic hydroxyl groups is 1. The first-order chi connectivity index (χ1) is 7.36. The molecule has 1 atom stereocenters. The number of hydrogen-bond acceptors (Lipinski definition) is 3. The predicted molar refractivity (Wildman–Crippen MR) is 64.9 cm³/mol. The van der Waals surface area contributed by atoms with Gasteiger partial charge in [-0.2, -0.15) is 0 Å². The summed E-state index contributed by atoms with van der Waals surface area (Å²) in [5, 5.41) is 21.8. The highest BCUT2D eigenvalue weighted by molar-refractivity contribution is 5.98. The summed E-state index contributed by atoms with van der Waals surface area (Å²) in [5.74, 6) is 0. The van der Waals surface area contributed by atoms with Crippen LogP contribution in [-0.2, 0) is 0 Å². The summed E-state index contributed by atoms with van der Waals surface area (Å²) in [5.41, 5.74) is 2.12. The molecule has 3 heteroatoms. The van der Waals surface area contributed by atoms with Gasteiger partial charge >= 0.3 is 0 Å². The molecule has 0 heterocycles. The van der Waals surface area contributed by atoms with Crippen molar-refractivity contribution in [3.8, 4) is 0 Å². The van der Waals surface area contributed by atoms with Crippen LogP contribution in [0.1, 0.15) is 44.9 Å². The molecule has 88 valence electrons. The van der Waals surface area contributed by atoms with E-state index in [1.165, 1.54) is 0 Å². The normalized spacial score (nSPS) is 14.9. The Kier molecular flexibility index (Phi) is 3.70. The molecule has 0 bridgehead atoms. The molecule has 0 aromatic heterocycles. The number of hydrogen-bond donors (Lipinski definition) is 2. The molecule has 0 spiro atoms. The Hall–Kier alpha value is -1.35. The van der Waals surface area contributed by atoms with E-state index >= 15 is 0 Å². The first-order valence-corrected chi connectivity index (χ1v) is 5.33. The van der Waals surface area contributed by atoms with E-state index < -0.39 is 6.10 Å². The Morgan fingerprint density at radius 1 is 1.19 bits per heavy atom. The minimum Gasteiger partial charge on any atom is -0.411 e. The number of nitrogens with zero attached hydrogens (tertiary/aromatic N) is 1. The molecule has 0 saturated carbocycles.